The summed E-state index contributed by atoms with van der Waals surface area (Å²) < 4.78 is 81.6. The molecule has 1 aromatic heterocycles. The summed E-state index contributed by atoms with van der Waals surface area (Å²) in [6.45, 7) is 5.32. The van der Waals surface area contributed by atoms with Crippen LogP contribution in [0.4, 0.5) is 10.5 Å². The minimum absolute atomic E-state index is 0.0349. The van der Waals surface area contributed by atoms with Crippen molar-refractivity contribution in [2.45, 2.75) is 88.7 Å². The third kappa shape index (κ3) is 11.2. The number of aliphatic hydroxyl groups excluding tert-OH is 1. The number of aromatic nitrogens is 4. The molecule has 1 unspecified atom stereocenters. The van der Waals surface area contributed by atoms with E-state index in [1.54, 1.807) is 115 Å². The van der Waals surface area contributed by atoms with Crippen LogP contribution in [0.1, 0.15) is 68.7 Å². The van der Waals surface area contributed by atoms with E-state index < -0.39 is 45.1 Å². The van der Waals surface area contributed by atoms with Crippen molar-refractivity contribution in [3.05, 3.63) is 113 Å². The van der Waals surface area contributed by atoms with Crippen LogP contribution in [0.15, 0.2) is 95.9 Å². The van der Waals surface area contributed by atoms with Gasteiger partial charge in [0, 0.05) is 26.2 Å². The van der Waals surface area contributed by atoms with E-state index in [4.69, 9.17) is 24.0 Å². The molecule has 1 amide bonds. The number of rotatable bonds is 16. The number of amides is 1. The summed E-state index contributed by atoms with van der Waals surface area (Å²) in [5.41, 5.74) is 2.28. The lowest BCUT2D eigenvalue weighted by atomic mass is 9.89. The zero-order valence-corrected chi connectivity index (χ0v) is 38.9. The van der Waals surface area contributed by atoms with Gasteiger partial charge in [0.1, 0.15) is 27.7 Å². The van der Waals surface area contributed by atoms with Crippen LogP contribution in [-0.2, 0) is 45.7 Å². The van der Waals surface area contributed by atoms with E-state index in [0.29, 0.717) is 58.8 Å². The molecule has 1 aliphatic carbocycles. The molecule has 346 valence electrons. The summed E-state index contributed by atoms with van der Waals surface area (Å²) in [6, 6.07) is 23.7. The zero-order chi connectivity index (χ0) is 46.5. The van der Waals surface area contributed by atoms with Crippen LogP contribution in [0.5, 0.6) is 17.2 Å². The SMILES string of the molecule is COc1ccc(CN(Cc2ccc(OC)cc2)S(=O)(=O)c2c(N([C@@H]3CCN(C(=O)OC(C)(C)C)C3)S(=O)O)ccc(C3=C[C@H](O)CCC3)c2-c2nnn(Cc3ccc(OC)cc3)n2)cc1. The lowest BCUT2D eigenvalue weighted by Gasteiger charge is -2.32. The quantitative estimate of drug-likeness (QED) is 0.0994. The van der Waals surface area contributed by atoms with Gasteiger partial charge in [0.05, 0.1) is 51.3 Å². The van der Waals surface area contributed by atoms with Crippen molar-refractivity contribution in [1.82, 2.24) is 29.4 Å². The lowest BCUT2D eigenvalue weighted by Crippen LogP contribution is -2.42. The molecule has 4 aromatic carbocycles. The van der Waals surface area contributed by atoms with E-state index in [-0.39, 0.29) is 61.1 Å². The van der Waals surface area contributed by atoms with E-state index in [0.717, 1.165) is 9.87 Å². The molecule has 65 heavy (non-hydrogen) atoms. The number of tetrazole rings is 1. The number of carbonyl (C=O) groups is 1. The van der Waals surface area contributed by atoms with Crippen molar-refractivity contribution in [2.24, 2.45) is 0 Å². The van der Waals surface area contributed by atoms with Crippen molar-refractivity contribution in [2.75, 3.05) is 38.7 Å². The molecular formula is C46H55N7O10S2. The maximum atomic E-state index is 16.2. The first kappa shape index (κ1) is 47.1. The Kier molecular flexibility index (Phi) is 14.6. The van der Waals surface area contributed by atoms with E-state index in [1.807, 2.05) is 12.1 Å². The molecule has 19 heteroatoms. The van der Waals surface area contributed by atoms with Crippen LogP contribution in [0, 0.1) is 0 Å². The Morgan fingerprint density at radius 2 is 1.42 bits per heavy atom. The number of sulfonamides is 1. The number of ether oxygens (including phenoxy) is 4. The molecule has 2 heterocycles. The second-order valence-corrected chi connectivity index (χ2v) is 19.6. The van der Waals surface area contributed by atoms with Crippen LogP contribution in [0.2, 0.25) is 0 Å². The maximum Gasteiger partial charge on any atom is 0.410 e. The van der Waals surface area contributed by atoms with Gasteiger partial charge in [-0.25, -0.2) is 17.4 Å². The van der Waals surface area contributed by atoms with Crippen molar-refractivity contribution >= 4 is 38.6 Å². The second kappa shape index (κ2) is 20.1. The number of hydrogen-bond donors (Lipinski definition) is 2. The van der Waals surface area contributed by atoms with Crippen molar-refractivity contribution in [3.63, 3.8) is 0 Å². The largest absolute Gasteiger partial charge is 0.497 e. The predicted octanol–water partition coefficient (Wildman–Crippen LogP) is 6.69. The van der Waals surface area contributed by atoms with Crippen molar-refractivity contribution in [3.8, 4) is 28.6 Å². The molecule has 5 aromatic rings. The standard InChI is InChI=1S/C46H55N7O10S2/c1-46(2,3)63-45(55)50-25-24-35(30-50)53(64(56)57)41-23-22-40(34-8-7-9-36(54)26-34)42(44-47-49-52(48-44)29-33-14-20-39(62-6)21-15-33)43(41)65(58,59)51(27-31-10-16-37(60-4)17-11-31)28-32-12-18-38(61-5)19-13-32/h10-23,26,35-36,54H,7-9,24-25,27-30H2,1-6H3,(H,56,57)/t35-,36-/m1/s1. The van der Waals surface area contributed by atoms with Gasteiger partial charge in [-0.1, -0.05) is 48.5 Å². The smallest absolute Gasteiger partial charge is 0.410 e. The fourth-order valence-electron chi connectivity index (χ4n) is 7.98. The normalized spacial score (nSPS) is 17.1. The summed E-state index contributed by atoms with van der Waals surface area (Å²) in [5, 5.41) is 24.6. The molecule has 3 atom stereocenters. The molecular weight excluding hydrogens is 875 g/mol. The molecule has 17 nitrogen and oxygen atoms in total. The Bertz CT molecular complexity index is 2570. The number of carbonyl (C=O) groups excluding carboxylic acids is 1. The van der Waals surface area contributed by atoms with Gasteiger partial charge in [-0.05, 0) is 122 Å². The topological polar surface area (TPSA) is 199 Å². The van der Waals surface area contributed by atoms with Gasteiger partial charge < -0.3 is 29.0 Å². The molecule has 0 bridgehead atoms. The summed E-state index contributed by atoms with van der Waals surface area (Å²) in [7, 11) is -0.114. The number of nitrogens with zero attached hydrogens (tertiary/aromatic N) is 7. The Hall–Kier alpha value is -5.86. The third-order valence-electron chi connectivity index (χ3n) is 11.2. The molecule has 1 fully saturated rings. The average molecular weight is 930 g/mol. The van der Waals surface area contributed by atoms with Crippen molar-refractivity contribution < 1.29 is 46.0 Å². The van der Waals surface area contributed by atoms with Gasteiger partial charge in [-0.2, -0.15) is 9.10 Å². The van der Waals surface area contributed by atoms with Crippen LogP contribution >= 0.6 is 0 Å². The highest BCUT2D eigenvalue weighted by Crippen LogP contribution is 2.45. The highest BCUT2D eigenvalue weighted by Gasteiger charge is 2.41. The van der Waals surface area contributed by atoms with Crippen LogP contribution in [-0.4, -0.2) is 110 Å². The van der Waals surface area contributed by atoms with Crippen LogP contribution in [0.25, 0.3) is 17.0 Å². The van der Waals surface area contributed by atoms with Crippen LogP contribution in [0.3, 0.4) is 0 Å². The fraction of sp³-hybridized carbons (Fsp3) is 0.391. The molecule has 1 aliphatic heterocycles. The molecule has 7 rings (SSSR count). The Morgan fingerprint density at radius 3 is 1.94 bits per heavy atom. The summed E-state index contributed by atoms with van der Waals surface area (Å²) in [6.07, 6.45) is 2.14. The van der Waals surface area contributed by atoms with Gasteiger partial charge in [0.25, 0.3) is 11.3 Å². The number of benzene rings is 4. The zero-order valence-electron chi connectivity index (χ0n) is 37.3. The minimum Gasteiger partial charge on any atom is -0.497 e. The molecule has 2 N–H and O–H groups in total. The van der Waals surface area contributed by atoms with E-state index in [1.165, 1.54) is 20.1 Å². The van der Waals surface area contributed by atoms with Gasteiger partial charge in [-0.15, -0.1) is 10.2 Å². The molecule has 0 spiro atoms. The van der Waals surface area contributed by atoms with E-state index in [9.17, 15) is 18.7 Å². The first-order valence-electron chi connectivity index (χ1n) is 21.2. The van der Waals surface area contributed by atoms with Crippen molar-refractivity contribution in [1.29, 1.82) is 0 Å². The number of hydrogen-bond acceptors (Lipinski definition) is 12. The maximum absolute atomic E-state index is 16.2. The molecule has 0 saturated carbocycles. The molecule has 2 aliphatic rings. The minimum atomic E-state index is -4.77. The van der Waals surface area contributed by atoms with E-state index >= 15 is 8.42 Å². The number of aliphatic hydroxyl groups is 1. The predicted molar refractivity (Wildman–Crippen MR) is 245 cm³/mol. The second-order valence-electron chi connectivity index (χ2n) is 16.9. The highest BCUT2D eigenvalue weighted by atomic mass is 32.2. The van der Waals surface area contributed by atoms with Gasteiger partial charge >= 0.3 is 6.09 Å². The summed E-state index contributed by atoms with van der Waals surface area (Å²) in [5.74, 6) is 1.77. The van der Waals surface area contributed by atoms with Gasteiger partial charge in [-0.3, -0.25) is 8.86 Å². The Balaban J connectivity index is 1.46. The number of likely N-dealkylation sites (tertiary alicyclic amines) is 1. The van der Waals surface area contributed by atoms with Gasteiger partial charge in [0.2, 0.25) is 15.8 Å². The first-order valence-corrected chi connectivity index (χ1v) is 23.7. The Morgan fingerprint density at radius 1 is 0.846 bits per heavy atom. The number of methoxy groups -OCH3 is 3. The Labute approximate surface area is 382 Å². The monoisotopic (exact) mass is 929 g/mol. The summed E-state index contributed by atoms with van der Waals surface area (Å²) >= 11 is -2.82. The highest BCUT2D eigenvalue weighted by molar-refractivity contribution is 7.89. The number of allylic oxidation sites excluding steroid dienone is 1. The average Bonchev–Trinajstić information content (AvgIpc) is 3.97. The van der Waals surface area contributed by atoms with E-state index in [2.05, 4.69) is 10.3 Å². The lowest BCUT2D eigenvalue weighted by molar-refractivity contribution is 0.0292. The fourth-order valence-corrected chi connectivity index (χ4v) is 10.6. The third-order valence-corrected chi connectivity index (χ3v) is 13.9. The first-order chi connectivity index (χ1) is 31.1. The number of anilines is 1. The summed E-state index contributed by atoms with van der Waals surface area (Å²) in [4.78, 5) is 15.7. The molecule has 0 radical (unpaired) electrons. The molecule has 1 saturated heterocycles. The van der Waals surface area contributed by atoms with Gasteiger partial charge in [0.15, 0.2) is 0 Å². The van der Waals surface area contributed by atoms with Crippen LogP contribution < -0.4 is 18.5 Å².